The molecule has 9 heteroatoms. The molecule has 1 aliphatic carbocycles. The van der Waals surface area contributed by atoms with Crippen molar-refractivity contribution < 1.29 is 18.8 Å². The Kier molecular flexibility index (Phi) is 6.53. The van der Waals surface area contributed by atoms with Crippen LogP contribution in [0.15, 0.2) is 45.6 Å². The number of carbonyl (C=O) groups is 1. The summed E-state index contributed by atoms with van der Waals surface area (Å²) in [6.07, 6.45) is 6.89. The summed E-state index contributed by atoms with van der Waals surface area (Å²) in [5, 5.41) is 9.52. The number of fused-ring (bicyclic) bond motifs is 2. The molecule has 0 spiro atoms. The summed E-state index contributed by atoms with van der Waals surface area (Å²) in [5.74, 6) is 1.19. The van der Waals surface area contributed by atoms with Crippen molar-refractivity contribution in [3.05, 3.63) is 63.5 Å². The normalized spacial score (nSPS) is 22.4. The molecule has 3 aromatic heterocycles. The van der Waals surface area contributed by atoms with Gasteiger partial charge in [-0.25, -0.2) is 9.78 Å². The van der Waals surface area contributed by atoms with Crippen LogP contribution in [0.1, 0.15) is 71.7 Å². The summed E-state index contributed by atoms with van der Waals surface area (Å²) in [5.41, 5.74) is 5.91. The van der Waals surface area contributed by atoms with Crippen LogP contribution in [0.4, 0.5) is 5.13 Å². The summed E-state index contributed by atoms with van der Waals surface area (Å²) < 4.78 is 17.4. The quantitative estimate of drug-likeness (QED) is 0.210. The third kappa shape index (κ3) is 4.70. The first-order chi connectivity index (χ1) is 19.1. The number of rotatable bonds is 8. The monoisotopic (exact) mass is 561 g/mol. The van der Waals surface area contributed by atoms with E-state index in [1.807, 2.05) is 11.4 Å². The Balaban J connectivity index is 1.05. The van der Waals surface area contributed by atoms with Crippen molar-refractivity contribution in [2.75, 3.05) is 12.0 Å². The molecule has 4 aromatic rings. The van der Waals surface area contributed by atoms with E-state index >= 15 is 0 Å². The number of thiazole rings is 1. The summed E-state index contributed by atoms with van der Waals surface area (Å²) in [7, 11) is 1.41. The maximum absolute atomic E-state index is 11.9. The molecule has 39 heavy (non-hydrogen) atoms. The van der Waals surface area contributed by atoms with Crippen LogP contribution < -0.4 is 4.90 Å². The minimum absolute atomic E-state index is 0.213. The zero-order valence-corrected chi connectivity index (χ0v) is 23.7. The number of esters is 1. The largest absolute Gasteiger partial charge is 0.465 e. The minimum atomic E-state index is -0.311. The Bertz CT molecular complexity index is 1490. The third-order valence-corrected chi connectivity index (χ3v) is 10.1. The van der Waals surface area contributed by atoms with Crippen molar-refractivity contribution >= 4 is 33.8 Å². The fraction of sp³-hybridized carbons (Fsp3) is 0.433. The number of hydrogen-bond donors (Lipinski definition) is 0. The lowest BCUT2D eigenvalue weighted by atomic mass is 9.99. The lowest BCUT2D eigenvalue weighted by molar-refractivity contribution is 0.0147. The van der Waals surface area contributed by atoms with Gasteiger partial charge in [-0.2, -0.15) is 0 Å². The van der Waals surface area contributed by atoms with Crippen molar-refractivity contribution in [3.63, 3.8) is 0 Å². The first-order valence-corrected chi connectivity index (χ1v) is 15.4. The van der Waals surface area contributed by atoms with E-state index in [0.29, 0.717) is 30.2 Å². The SMILES string of the molecule is COC(=O)c1csc(-c2csc(N3[C@@H]4CC[C@H]3C[C@@H](OCc3c(-c5ccccc5C)noc3C3CC3)C4)n2)c1. The van der Waals surface area contributed by atoms with Gasteiger partial charge in [0.2, 0.25) is 0 Å². The van der Waals surface area contributed by atoms with Crippen molar-refractivity contribution in [2.24, 2.45) is 0 Å². The average Bonchev–Trinajstić information content (AvgIpc) is 3.28. The van der Waals surface area contributed by atoms with Gasteiger partial charge >= 0.3 is 5.97 Å². The molecule has 1 aromatic carbocycles. The Morgan fingerprint density at radius 2 is 1.90 bits per heavy atom. The number of hydrogen-bond acceptors (Lipinski definition) is 9. The predicted molar refractivity (Wildman–Crippen MR) is 153 cm³/mol. The molecule has 0 amide bonds. The predicted octanol–water partition coefficient (Wildman–Crippen LogP) is 7.22. The Hall–Kier alpha value is -3.01. The molecular weight excluding hydrogens is 530 g/mol. The maximum Gasteiger partial charge on any atom is 0.338 e. The van der Waals surface area contributed by atoms with E-state index in [-0.39, 0.29) is 12.1 Å². The van der Waals surface area contributed by atoms with E-state index in [2.05, 4.69) is 46.6 Å². The van der Waals surface area contributed by atoms with E-state index in [1.54, 1.807) is 11.3 Å². The van der Waals surface area contributed by atoms with Gasteiger partial charge in [0.05, 0.1) is 36.0 Å². The van der Waals surface area contributed by atoms with Gasteiger partial charge in [0.1, 0.15) is 11.5 Å². The molecule has 3 atom stereocenters. The molecule has 3 aliphatic rings. The molecule has 1 saturated carbocycles. The number of anilines is 1. The topological polar surface area (TPSA) is 77.7 Å². The average molecular weight is 562 g/mol. The standard InChI is InChI=1S/C30H31N3O4S2/c1-17-5-3-4-6-23(17)27-24(28(37-32-27)18-7-8-18)14-36-22-12-20-9-10-21(13-22)33(20)30-31-25(16-39-30)26-11-19(15-38-26)29(34)35-2/h3-6,11,15-16,18,20-22H,7-10,12-14H2,1-2H3/t20-,21+,22+. The second kappa shape index (κ2) is 10.2. The molecule has 0 radical (unpaired) electrons. The van der Waals surface area contributed by atoms with Crippen LogP contribution in [-0.2, 0) is 16.1 Å². The number of methoxy groups -OCH3 is 1. The molecule has 3 fully saturated rings. The zero-order valence-electron chi connectivity index (χ0n) is 22.1. The molecule has 2 saturated heterocycles. The smallest absolute Gasteiger partial charge is 0.338 e. The van der Waals surface area contributed by atoms with Crippen molar-refractivity contribution in [3.8, 4) is 21.8 Å². The fourth-order valence-electron chi connectivity index (χ4n) is 6.15. The van der Waals surface area contributed by atoms with E-state index in [4.69, 9.17) is 19.0 Å². The number of ether oxygens (including phenoxy) is 2. The highest BCUT2D eigenvalue weighted by atomic mass is 32.1. The number of benzene rings is 1. The maximum atomic E-state index is 11.9. The van der Waals surface area contributed by atoms with Crippen molar-refractivity contribution in [2.45, 2.75) is 76.2 Å². The molecule has 7 rings (SSSR count). The van der Waals surface area contributed by atoms with E-state index in [1.165, 1.54) is 49.7 Å². The summed E-state index contributed by atoms with van der Waals surface area (Å²) in [6.45, 7) is 2.67. The van der Waals surface area contributed by atoms with Gasteiger partial charge in [-0.15, -0.1) is 22.7 Å². The third-order valence-electron chi connectivity index (χ3n) is 8.31. The van der Waals surface area contributed by atoms with E-state index in [9.17, 15) is 4.79 Å². The van der Waals surface area contributed by atoms with Crippen LogP contribution >= 0.6 is 22.7 Å². The second-order valence-electron chi connectivity index (χ2n) is 10.9. The minimum Gasteiger partial charge on any atom is -0.465 e. The highest BCUT2D eigenvalue weighted by Gasteiger charge is 2.43. The van der Waals surface area contributed by atoms with E-state index < -0.39 is 0 Å². The lowest BCUT2D eigenvalue weighted by Gasteiger charge is -2.38. The zero-order chi connectivity index (χ0) is 26.5. The molecule has 2 aliphatic heterocycles. The molecule has 2 bridgehead atoms. The molecule has 202 valence electrons. The van der Waals surface area contributed by atoms with Gasteiger partial charge in [-0.05, 0) is 57.1 Å². The number of nitrogens with zero attached hydrogens (tertiary/aromatic N) is 3. The Morgan fingerprint density at radius 3 is 2.64 bits per heavy atom. The van der Waals surface area contributed by atoms with Gasteiger partial charge in [0, 0.05) is 39.9 Å². The summed E-state index contributed by atoms with van der Waals surface area (Å²) in [4.78, 5) is 20.4. The van der Waals surface area contributed by atoms with Crippen LogP contribution in [-0.4, -0.2) is 41.4 Å². The molecule has 0 unspecified atom stereocenters. The summed E-state index contributed by atoms with van der Waals surface area (Å²) >= 11 is 3.22. The van der Waals surface area contributed by atoms with Crippen LogP contribution in [0.3, 0.4) is 0 Å². The number of thiophene rings is 1. The first kappa shape index (κ1) is 25.0. The van der Waals surface area contributed by atoms with Gasteiger partial charge in [-0.3, -0.25) is 0 Å². The molecular formula is C30H31N3O4S2. The number of carbonyl (C=O) groups excluding carboxylic acids is 1. The fourth-order valence-corrected chi connectivity index (χ4v) is 8.03. The Morgan fingerprint density at radius 1 is 1.10 bits per heavy atom. The molecule has 7 nitrogen and oxygen atoms in total. The number of aromatic nitrogens is 2. The second-order valence-corrected chi connectivity index (χ2v) is 12.6. The first-order valence-electron chi connectivity index (χ1n) is 13.7. The molecule has 5 heterocycles. The van der Waals surface area contributed by atoms with Gasteiger partial charge < -0.3 is 18.9 Å². The van der Waals surface area contributed by atoms with Gasteiger partial charge in [-0.1, -0.05) is 29.4 Å². The van der Waals surface area contributed by atoms with E-state index in [0.717, 1.165) is 51.1 Å². The lowest BCUT2D eigenvalue weighted by Crippen LogP contribution is -2.45. The van der Waals surface area contributed by atoms with Crippen LogP contribution in [0, 0.1) is 6.92 Å². The van der Waals surface area contributed by atoms with Crippen molar-refractivity contribution in [1.82, 2.24) is 10.1 Å². The highest BCUT2D eigenvalue weighted by Crippen LogP contribution is 2.46. The summed E-state index contributed by atoms with van der Waals surface area (Å²) in [6, 6.07) is 11.1. The van der Waals surface area contributed by atoms with Crippen LogP contribution in [0.5, 0.6) is 0 Å². The number of piperidine rings is 1. The highest BCUT2D eigenvalue weighted by molar-refractivity contribution is 7.16. The van der Waals surface area contributed by atoms with Gasteiger partial charge in [0.15, 0.2) is 5.13 Å². The number of aryl methyl sites for hydroxylation is 1. The molecule has 0 N–H and O–H groups in total. The Labute approximate surface area is 235 Å². The van der Waals surface area contributed by atoms with Crippen LogP contribution in [0.25, 0.3) is 21.8 Å². The van der Waals surface area contributed by atoms with Gasteiger partial charge in [0.25, 0.3) is 0 Å². The van der Waals surface area contributed by atoms with Crippen LogP contribution in [0.2, 0.25) is 0 Å². The van der Waals surface area contributed by atoms with Crippen molar-refractivity contribution in [1.29, 1.82) is 0 Å².